The highest BCUT2D eigenvalue weighted by atomic mass is 32.1. The van der Waals surface area contributed by atoms with E-state index in [2.05, 4.69) is 219 Å². The third-order valence-corrected chi connectivity index (χ3v) is 13.6. The van der Waals surface area contributed by atoms with Crippen LogP contribution in [-0.4, -0.2) is 9.97 Å². The van der Waals surface area contributed by atoms with E-state index in [-0.39, 0.29) is 0 Å². The fourth-order valence-electron chi connectivity index (χ4n) is 9.12. The summed E-state index contributed by atoms with van der Waals surface area (Å²) in [6, 6.07) is 66.2. The van der Waals surface area contributed by atoms with Gasteiger partial charge < -0.3 is 0 Å². The van der Waals surface area contributed by atoms with E-state index in [9.17, 15) is 0 Å². The van der Waals surface area contributed by atoms with Gasteiger partial charge in [-0.15, -0.1) is 0 Å². The minimum absolute atomic E-state index is 0.937. The standard InChI is InChI=1S/C56H42N4S2/c1-35-27-36(2)30-43(29-35)59(55-57-49-19-11-13-21-51(49)61-55)41-23-25-45-47(33-41)53(39-15-7-5-8-16-39)46-26-24-42(34-48(46)54(45)40-17-9-6-10-18-40)60(44-31-37(3)28-38(4)32-44)56-58-50-20-12-14-22-52(50)62-56/h5-34H,1-4H3. The predicted molar refractivity (Wildman–Crippen MR) is 267 cm³/mol. The molecular formula is C56H42N4S2. The predicted octanol–water partition coefficient (Wildman–Crippen LogP) is 16.7. The van der Waals surface area contributed by atoms with Crippen molar-refractivity contribution < 1.29 is 0 Å². The highest BCUT2D eigenvalue weighted by molar-refractivity contribution is 7.22. The second-order valence-electron chi connectivity index (χ2n) is 16.2. The first-order valence-corrected chi connectivity index (χ1v) is 22.6. The van der Waals surface area contributed by atoms with Crippen molar-refractivity contribution in [3.63, 3.8) is 0 Å². The van der Waals surface area contributed by atoms with Gasteiger partial charge >= 0.3 is 0 Å². The van der Waals surface area contributed by atoms with Crippen LogP contribution in [0.2, 0.25) is 0 Å². The van der Waals surface area contributed by atoms with Gasteiger partial charge in [-0.3, -0.25) is 9.80 Å². The van der Waals surface area contributed by atoms with Crippen LogP contribution in [0.25, 0.3) is 64.2 Å². The molecule has 11 aromatic rings. The molecule has 6 heteroatoms. The van der Waals surface area contributed by atoms with Crippen LogP contribution in [0.4, 0.5) is 33.0 Å². The van der Waals surface area contributed by atoms with E-state index in [0.29, 0.717) is 0 Å². The van der Waals surface area contributed by atoms with Gasteiger partial charge in [-0.05, 0) is 167 Å². The topological polar surface area (TPSA) is 32.3 Å². The molecule has 0 atom stereocenters. The van der Waals surface area contributed by atoms with Gasteiger partial charge in [0, 0.05) is 22.7 Å². The summed E-state index contributed by atoms with van der Waals surface area (Å²) < 4.78 is 2.33. The molecule has 2 aromatic heterocycles. The highest BCUT2D eigenvalue weighted by Gasteiger charge is 2.24. The normalized spacial score (nSPS) is 11.5. The van der Waals surface area contributed by atoms with Crippen molar-refractivity contribution in [3.8, 4) is 22.3 Å². The van der Waals surface area contributed by atoms with Crippen LogP contribution >= 0.6 is 22.7 Å². The van der Waals surface area contributed by atoms with Crippen molar-refractivity contribution >= 4 is 97.7 Å². The first-order valence-electron chi connectivity index (χ1n) is 21.0. The van der Waals surface area contributed by atoms with Crippen LogP contribution in [0.15, 0.2) is 182 Å². The van der Waals surface area contributed by atoms with Crippen molar-refractivity contribution in [2.45, 2.75) is 27.7 Å². The largest absolute Gasteiger partial charge is 0.286 e. The van der Waals surface area contributed by atoms with Crippen LogP contribution < -0.4 is 9.80 Å². The van der Waals surface area contributed by atoms with E-state index in [1.165, 1.54) is 66.1 Å². The summed E-state index contributed by atoms with van der Waals surface area (Å²) >= 11 is 3.45. The molecule has 0 N–H and O–H groups in total. The number of fused-ring (bicyclic) bond motifs is 4. The Morgan fingerprint density at radius 1 is 0.339 bits per heavy atom. The van der Waals surface area contributed by atoms with E-state index in [4.69, 9.17) is 9.97 Å². The Morgan fingerprint density at radius 3 is 1.10 bits per heavy atom. The molecule has 0 radical (unpaired) electrons. The third-order valence-electron chi connectivity index (χ3n) is 11.6. The lowest BCUT2D eigenvalue weighted by atomic mass is 9.85. The molecular weight excluding hydrogens is 793 g/mol. The van der Waals surface area contributed by atoms with Gasteiger partial charge in [0.1, 0.15) is 0 Å². The zero-order valence-corrected chi connectivity index (χ0v) is 36.6. The van der Waals surface area contributed by atoms with Crippen LogP contribution in [0, 0.1) is 27.7 Å². The molecule has 62 heavy (non-hydrogen) atoms. The second kappa shape index (κ2) is 15.4. The monoisotopic (exact) mass is 834 g/mol. The number of aromatic nitrogens is 2. The van der Waals surface area contributed by atoms with Crippen molar-refractivity contribution in [1.29, 1.82) is 0 Å². The Labute approximate surface area is 369 Å². The molecule has 0 aliphatic rings. The maximum atomic E-state index is 5.24. The van der Waals surface area contributed by atoms with Crippen molar-refractivity contribution in [3.05, 3.63) is 204 Å². The van der Waals surface area contributed by atoms with Gasteiger partial charge in [-0.25, -0.2) is 9.97 Å². The van der Waals surface area contributed by atoms with Crippen LogP contribution in [0.1, 0.15) is 22.3 Å². The second-order valence-corrected chi connectivity index (χ2v) is 18.3. The number of thiazole rings is 2. The molecule has 0 amide bonds. The van der Waals surface area contributed by atoms with Gasteiger partial charge in [-0.2, -0.15) is 0 Å². The first kappa shape index (κ1) is 37.8. The summed E-state index contributed by atoms with van der Waals surface area (Å²) in [6.07, 6.45) is 0. The Morgan fingerprint density at radius 2 is 0.710 bits per heavy atom. The summed E-state index contributed by atoms with van der Waals surface area (Å²) in [4.78, 5) is 15.2. The summed E-state index contributed by atoms with van der Waals surface area (Å²) in [7, 11) is 0. The molecule has 0 aliphatic heterocycles. The zero-order valence-electron chi connectivity index (χ0n) is 34.9. The first-order chi connectivity index (χ1) is 30.3. The summed E-state index contributed by atoms with van der Waals surface area (Å²) in [5, 5.41) is 6.61. The molecule has 0 spiro atoms. The molecule has 0 aliphatic carbocycles. The zero-order chi connectivity index (χ0) is 41.9. The Balaban J connectivity index is 1.22. The molecule has 0 unspecified atom stereocenters. The number of para-hydroxylation sites is 2. The molecule has 298 valence electrons. The lowest BCUT2D eigenvalue weighted by molar-refractivity contribution is 1.23. The molecule has 4 nitrogen and oxygen atoms in total. The molecule has 0 saturated heterocycles. The van der Waals surface area contributed by atoms with Gasteiger partial charge in [0.05, 0.1) is 20.4 Å². The summed E-state index contributed by atoms with van der Waals surface area (Å²) in [5.74, 6) is 0. The molecule has 0 saturated carbocycles. The fraction of sp³-hybridized carbons (Fsp3) is 0.0714. The average molecular weight is 835 g/mol. The Bertz CT molecular complexity index is 3140. The minimum atomic E-state index is 0.937. The third kappa shape index (κ3) is 6.78. The van der Waals surface area contributed by atoms with Gasteiger partial charge in [0.15, 0.2) is 10.3 Å². The molecule has 11 rings (SSSR count). The molecule has 2 heterocycles. The molecule has 0 bridgehead atoms. The number of benzene rings is 9. The minimum Gasteiger partial charge on any atom is -0.286 e. The van der Waals surface area contributed by atoms with Crippen molar-refractivity contribution in [2.24, 2.45) is 0 Å². The van der Waals surface area contributed by atoms with Crippen molar-refractivity contribution in [2.75, 3.05) is 9.80 Å². The number of rotatable bonds is 8. The highest BCUT2D eigenvalue weighted by Crippen LogP contribution is 2.49. The SMILES string of the molecule is Cc1cc(C)cc(N(c2ccc3c(-c4ccccc4)c4cc(N(c5cc(C)cc(C)c5)c5nc6ccccc6s5)ccc4c(-c4ccccc4)c3c2)c2nc3ccccc3s2)c1. The average Bonchev–Trinajstić information content (AvgIpc) is 3.90. The Kier molecular flexibility index (Phi) is 9.41. The van der Waals surface area contributed by atoms with Gasteiger partial charge in [-0.1, -0.05) is 132 Å². The number of hydrogen-bond acceptors (Lipinski definition) is 6. The van der Waals surface area contributed by atoms with Gasteiger partial charge in [0.2, 0.25) is 0 Å². The van der Waals surface area contributed by atoms with E-state index in [0.717, 1.165) is 53.4 Å². The van der Waals surface area contributed by atoms with Gasteiger partial charge in [0.25, 0.3) is 0 Å². The molecule has 0 fully saturated rings. The van der Waals surface area contributed by atoms with E-state index in [1.54, 1.807) is 22.7 Å². The van der Waals surface area contributed by atoms with E-state index >= 15 is 0 Å². The lowest BCUT2D eigenvalue weighted by Gasteiger charge is -2.26. The quantitative estimate of drug-likeness (QED) is 0.143. The maximum Gasteiger partial charge on any atom is 0.195 e. The van der Waals surface area contributed by atoms with Crippen LogP contribution in [0.3, 0.4) is 0 Å². The molecule has 9 aromatic carbocycles. The Hall–Kier alpha value is -7.12. The van der Waals surface area contributed by atoms with Crippen LogP contribution in [-0.2, 0) is 0 Å². The van der Waals surface area contributed by atoms with E-state index in [1.807, 2.05) is 0 Å². The van der Waals surface area contributed by atoms with Crippen LogP contribution in [0.5, 0.6) is 0 Å². The summed E-state index contributed by atoms with van der Waals surface area (Å²) in [5.41, 5.74) is 15.9. The van der Waals surface area contributed by atoms with Crippen molar-refractivity contribution in [1.82, 2.24) is 9.97 Å². The number of anilines is 6. The fourth-order valence-corrected chi connectivity index (χ4v) is 11.1. The lowest BCUT2D eigenvalue weighted by Crippen LogP contribution is -2.11. The smallest absolute Gasteiger partial charge is 0.195 e. The van der Waals surface area contributed by atoms with E-state index < -0.39 is 0 Å². The summed E-state index contributed by atoms with van der Waals surface area (Å²) in [6.45, 7) is 8.69. The number of aryl methyl sites for hydroxylation is 4. The number of nitrogens with zero attached hydrogens (tertiary/aromatic N) is 4. The number of hydrogen-bond donors (Lipinski definition) is 0. The maximum absolute atomic E-state index is 5.24.